The topological polar surface area (TPSA) is 67.6 Å². The fraction of sp³-hybridized carbons (Fsp3) is 0.240. The molecule has 0 spiro atoms. The number of thiol groups is 1. The molecule has 7 heteroatoms. The molecule has 1 aromatic heterocycles. The highest BCUT2D eigenvalue weighted by Crippen LogP contribution is 2.37. The summed E-state index contributed by atoms with van der Waals surface area (Å²) in [6.07, 6.45) is 3.69. The van der Waals surface area contributed by atoms with Gasteiger partial charge in [0.15, 0.2) is 0 Å². The standard InChI is InChI=1S/C25H24BN3O2S/c1-24(2)25(3,4)31-26(30-24)16-11-9-15(10-12-16)22-18-13-14-19(27)23(29-32)21(18)17-7-5-6-8-20(17)28-22/h5-14,27,32H,1-4H3/b27-19?,29-23+. The smallest absolute Gasteiger partial charge is 0.399 e. The van der Waals surface area contributed by atoms with Crippen LogP contribution in [0.4, 0.5) is 0 Å². The number of para-hydroxylation sites is 1. The zero-order chi connectivity index (χ0) is 22.7. The summed E-state index contributed by atoms with van der Waals surface area (Å²) in [5.41, 5.74) is 5.61. The van der Waals surface area contributed by atoms with E-state index in [0.717, 1.165) is 38.8 Å². The molecule has 0 radical (unpaired) electrons. The third kappa shape index (κ3) is 3.23. The van der Waals surface area contributed by atoms with Gasteiger partial charge >= 0.3 is 7.12 Å². The van der Waals surface area contributed by atoms with Gasteiger partial charge in [-0.15, -0.1) is 0 Å². The van der Waals surface area contributed by atoms with Crippen LogP contribution in [0, 0.1) is 5.41 Å². The van der Waals surface area contributed by atoms with Crippen LogP contribution < -0.4 is 5.46 Å². The van der Waals surface area contributed by atoms with Crippen molar-refractivity contribution < 1.29 is 9.31 Å². The van der Waals surface area contributed by atoms with Gasteiger partial charge < -0.3 is 9.31 Å². The molecule has 5 rings (SSSR count). The second-order valence-corrected chi connectivity index (χ2v) is 9.37. The minimum Gasteiger partial charge on any atom is -0.399 e. The molecule has 5 nitrogen and oxygen atoms in total. The summed E-state index contributed by atoms with van der Waals surface area (Å²) in [5, 5.41) is 9.26. The van der Waals surface area contributed by atoms with Gasteiger partial charge in [0.25, 0.3) is 0 Å². The molecule has 0 saturated carbocycles. The molecular formula is C25H24BN3O2S. The molecule has 1 N–H and O–H groups in total. The Morgan fingerprint density at radius 2 is 1.59 bits per heavy atom. The minimum absolute atomic E-state index is 0.339. The van der Waals surface area contributed by atoms with Crippen LogP contribution in [0.3, 0.4) is 0 Å². The van der Waals surface area contributed by atoms with E-state index < -0.39 is 7.12 Å². The zero-order valence-corrected chi connectivity index (χ0v) is 19.4. The number of nitrogens with one attached hydrogen (secondary N) is 1. The van der Waals surface area contributed by atoms with Crippen molar-refractivity contribution >= 4 is 53.8 Å². The molecule has 2 aromatic carbocycles. The normalized spacial score (nSPS) is 20.2. The van der Waals surface area contributed by atoms with E-state index in [1.807, 2.05) is 54.6 Å². The van der Waals surface area contributed by atoms with Crippen molar-refractivity contribution in [3.05, 3.63) is 65.7 Å². The van der Waals surface area contributed by atoms with Crippen molar-refractivity contribution in [1.29, 1.82) is 5.41 Å². The van der Waals surface area contributed by atoms with E-state index in [1.165, 1.54) is 0 Å². The van der Waals surface area contributed by atoms with Gasteiger partial charge in [-0.3, -0.25) is 5.41 Å². The molecule has 3 aromatic rings. The van der Waals surface area contributed by atoms with Gasteiger partial charge in [0.1, 0.15) is 5.71 Å². The number of nitrogens with zero attached hydrogens (tertiary/aromatic N) is 2. The maximum absolute atomic E-state index is 8.30. The van der Waals surface area contributed by atoms with Crippen LogP contribution in [0.25, 0.3) is 28.2 Å². The highest BCUT2D eigenvalue weighted by atomic mass is 32.1. The maximum atomic E-state index is 8.30. The lowest BCUT2D eigenvalue weighted by Crippen LogP contribution is -2.41. The SMILES string of the molecule is CC1(C)OB(c2ccc(-c3nc4ccccc4c4c3C=CC(=N)/C4=N\S)cc2)OC1(C)C. The molecule has 2 aliphatic rings. The summed E-state index contributed by atoms with van der Waals surface area (Å²) in [5.74, 6) is 0. The number of benzene rings is 2. The van der Waals surface area contributed by atoms with E-state index in [9.17, 15) is 0 Å². The summed E-state index contributed by atoms with van der Waals surface area (Å²) < 4.78 is 16.5. The number of hydrogen-bond donors (Lipinski definition) is 2. The Labute approximate surface area is 193 Å². The van der Waals surface area contributed by atoms with E-state index in [2.05, 4.69) is 44.9 Å². The highest BCUT2D eigenvalue weighted by Gasteiger charge is 2.51. The average Bonchev–Trinajstić information content (AvgIpc) is 3.00. The third-order valence-electron chi connectivity index (χ3n) is 6.65. The van der Waals surface area contributed by atoms with Crippen LogP contribution in [-0.4, -0.2) is 34.7 Å². The number of aromatic nitrogens is 1. The molecular weight excluding hydrogens is 417 g/mol. The first-order chi connectivity index (χ1) is 15.2. The number of fused-ring (bicyclic) bond motifs is 3. The lowest BCUT2D eigenvalue weighted by Gasteiger charge is -2.32. The number of hydrogen-bond acceptors (Lipinski definition) is 6. The molecule has 1 aliphatic carbocycles. The first-order valence-corrected chi connectivity index (χ1v) is 11.0. The Balaban J connectivity index is 1.61. The van der Waals surface area contributed by atoms with Crippen molar-refractivity contribution in [2.75, 3.05) is 0 Å². The van der Waals surface area contributed by atoms with Crippen molar-refractivity contribution in [2.45, 2.75) is 38.9 Å². The molecule has 2 heterocycles. The Hall–Kier alpha value is -2.74. The Bertz CT molecular complexity index is 1300. The van der Waals surface area contributed by atoms with Gasteiger partial charge in [-0.25, -0.2) is 9.38 Å². The maximum Gasteiger partial charge on any atom is 0.494 e. The third-order valence-corrected chi connectivity index (χ3v) is 6.85. The van der Waals surface area contributed by atoms with Crippen LogP contribution in [-0.2, 0) is 9.31 Å². The molecule has 1 saturated heterocycles. The molecule has 160 valence electrons. The summed E-state index contributed by atoms with van der Waals surface area (Å²) in [6.45, 7) is 8.21. The lowest BCUT2D eigenvalue weighted by atomic mass is 9.78. The van der Waals surface area contributed by atoms with E-state index in [4.69, 9.17) is 19.7 Å². The van der Waals surface area contributed by atoms with Crippen molar-refractivity contribution in [3.8, 4) is 11.3 Å². The first kappa shape index (κ1) is 21.1. The van der Waals surface area contributed by atoms with Gasteiger partial charge in [0.2, 0.25) is 0 Å². The summed E-state index contributed by atoms with van der Waals surface area (Å²) in [7, 11) is -0.407. The molecule has 32 heavy (non-hydrogen) atoms. The van der Waals surface area contributed by atoms with Crippen LogP contribution in [0.15, 0.2) is 59.0 Å². The van der Waals surface area contributed by atoms with Crippen LogP contribution in [0.5, 0.6) is 0 Å². The second-order valence-electron chi connectivity index (χ2n) is 9.17. The van der Waals surface area contributed by atoms with Gasteiger partial charge in [-0.1, -0.05) is 42.5 Å². The number of rotatable bonds is 2. The molecule has 0 unspecified atom stereocenters. The Morgan fingerprint density at radius 1 is 0.938 bits per heavy atom. The molecule has 0 amide bonds. The van der Waals surface area contributed by atoms with Gasteiger partial charge in [0.05, 0.1) is 28.1 Å². The van der Waals surface area contributed by atoms with Gasteiger partial charge in [-0.05, 0) is 64.2 Å². The second kappa shape index (κ2) is 7.41. The van der Waals surface area contributed by atoms with E-state index in [-0.39, 0.29) is 11.2 Å². The van der Waals surface area contributed by atoms with Gasteiger partial charge in [0, 0.05) is 22.1 Å². The minimum atomic E-state index is -0.407. The summed E-state index contributed by atoms with van der Waals surface area (Å²) in [4.78, 5) is 4.96. The molecule has 1 aliphatic heterocycles. The predicted octanol–water partition coefficient (Wildman–Crippen LogP) is 4.88. The van der Waals surface area contributed by atoms with Crippen molar-refractivity contribution in [3.63, 3.8) is 0 Å². The number of pyridine rings is 1. The van der Waals surface area contributed by atoms with Crippen molar-refractivity contribution in [2.24, 2.45) is 4.40 Å². The largest absolute Gasteiger partial charge is 0.494 e. The van der Waals surface area contributed by atoms with E-state index in [1.54, 1.807) is 6.08 Å². The quantitative estimate of drug-likeness (QED) is 0.440. The predicted molar refractivity (Wildman–Crippen MR) is 135 cm³/mol. The summed E-state index contributed by atoms with van der Waals surface area (Å²) >= 11 is 4.15. The fourth-order valence-electron chi connectivity index (χ4n) is 4.13. The van der Waals surface area contributed by atoms with Crippen LogP contribution >= 0.6 is 12.8 Å². The zero-order valence-electron chi connectivity index (χ0n) is 18.5. The van der Waals surface area contributed by atoms with E-state index in [0.29, 0.717) is 11.4 Å². The van der Waals surface area contributed by atoms with Crippen LogP contribution in [0.1, 0.15) is 38.8 Å². The fourth-order valence-corrected chi connectivity index (χ4v) is 4.33. The Kier molecular flexibility index (Phi) is 4.89. The first-order valence-electron chi connectivity index (χ1n) is 10.6. The average molecular weight is 441 g/mol. The number of allylic oxidation sites excluding steroid dienone is 1. The van der Waals surface area contributed by atoms with Crippen LogP contribution in [0.2, 0.25) is 0 Å². The molecule has 1 fully saturated rings. The monoisotopic (exact) mass is 441 g/mol. The summed E-state index contributed by atoms with van der Waals surface area (Å²) in [6, 6.07) is 16.1. The Morgan fingerprint density at radius 3 is 2.25 bits per heavy atom. The lowest BCUT2D eigenvalue weighted by molar-refractivity contribution is 0.00578. The van der Waals surface area contributed by atoms with Gasteiger partial charge in [-0.2, -0.15) is 0 Å². The molecule has 0 atom stereocenters. The highest BCUT2D eigenvalue weighted by molar-refractivity contribution is 7.79. The van der Waals surface area contributed by atoms with E-state index >= 15 is 0 Å². The van der Waals surface area contributed by atoms with Crippen molar-refractivity contribution in [1.82, 2.24) is 4.98 Å². The molecule has 0 bridgehead atoms.